The number of carbonyl (C=O) groups is 3. The third kappa shape index (κ3) is 3.21. The van der Waals surface area contributed by atoms with Gasteiger partial charge in [-0.3, -0.25) is 19.3 Å². The van der Waals surface area contributed by atoms with Crippen LogP contribution in [0.1, 0.15) is 62.7 Å². The Morgan fingerprint density at radius 2 is 1.64 bits per heavy atom. The number of imide groups is 1. The van der Waals surface area contributed by atoms with Crippen molar-refractivity contribution in [1.82, 2.24) is 9.80 Å². The molecule has 2 aliphatic rings. The second kappa shape index (κ2) is 7.23. The van der Waals surface area contributed by atoms with E-state index in [2.05, 4.69) is 24.3 Å². The monoisotopic (exact) mass is 376 g/mol. The summed E-state index contributed by atoms with van der Waals surface area (Å²) in [6.45, 7) is 4.79. The molecule has 2 aromatic carbocycles. The van der Waals surface area contributed by atoms with Gasteiger partial charge in [0.25, 0.3) is 11.8 Å². The summed E-state index contributed by atoms with van der Waals surface area (Å²) >= 11 is 0. The number of rotatable bonds is 4. The second-order valence-electron chi connectivity index (χ2n) is 7.72. The third-order valence-corrected chi connectivity index (χ3v) is 5.71. The lowest BCUT2D eigenvalue weighted by atomic mass is 10.0. The van der Waals surface area contributed by atoms with Crippen LogP contribution in [0.5, 0.6) is 0 Å². The molecule has 144 valence electrons. The number of hydrogen-bond donors (Lipinski definition) is 0. The van der Waals surface area contributed by atoms with Gasteiger partial charge >= 0.3 is 0 Å². The Bertz CT molecular complexity index is 949. The molecule has 0 aromatic heterocycles. The van der Waals surface area contributed by atoms with Gasteiger partial charge in [-0.05, 0) is 44.4 Å². The van der Waals surface area contributed by atoms with E-state index in [0.717, 1.165) is 30.5 Å². The van der Waals surface area contributed by atoms with Crippen LogP contribution in [0.15, 0.2) is 42.5 Å². The first-order valence-corrected chi connectivity index (χ1v) is 9.78. The Labute approximate surface area is 164 Å². The fraction of sp³-hybridized carbons (Fsp3) is 0.348. The fourth-order valence-corrected chi connectivity index (χ4v) is 4.16. The van der Waals surface area contributed by atoms with E-state index in [1.807, 2.05) is 24.8 Å². The van der Waals surface area contributed by atoms with Gasteiger partial charge in [-0.2, -0.15) is 0 Å². The minimum atomic E-state index is -0.302. The van der Waals surface area contributed by atoms with Crippen LogP contribution in [0, 0.1) is 13.8 Å². The van der Waals surface area contributed by atoms with Gasteiger partial charge in [0.1, 0.15) is 0 Å². The van der Waals surface area contributed by atoms with Crippen LogP contribution in [0.2, 0.25) is 0 Å². The van der Waals surface area contributed by atoms with Gasteiger partial charge in [0.2, 0.25) is 5.91 Å². The summed E-state index contributed by atoms with van der Waals surface area (Å²) < 4.78 is 0. The number of amides is 3. The molecular formula is C23H24N2O3. The van der Waals surface area contributed by atoms with Crippen LogP contribution in [0.3, 0.4) is 0 Å². The number of aryl methyl sites for hydroxylation is 2. The number of hydrogen-bond acceptors (Lipinski definition) is 3. The predicted molar refractivity (Wildman–Crippen MR) is 106 cm³/mol. The molecule has 3 amide bonds. The summed E-state index contributed by atoms with van der Waals surface area (Å²) in [6.07, 6.45) is 2.07. The fourth-order valence-electron chi connectivity index (χ4n) is 4.16. The summed E-state index contributed by atoms with van der Waals surface area (Å²) in [5.74, 6) is -0.604. The summed E-state index contributed by atoms with van der Waals surface area (Å²) in [5.41, 5.74) is 4.15. The lowest BCUT2D eigenvalue weighted by Gasteiger charge is -2.26. The second-order valence-corrected chi connectivity index (χ2v) is 7.72. The summed E-state index contributed by atoms with van der Waals surface area (Å²) in [6, 6.07) is 13.6. The van der Waals surface area contributed by atoms with Gasteiger partial charge in [0, 0.05) is 19.5 Å². The Kier molecular flexibility index (Phi) is 4.75. The molecule has 0 spiro atoms. The molecule has 2 aromatic rings. The van der Waals surface area contributed by atoms with E-state index in [9.17, 15) is 14.4 Å². The Hall–Kier alpha value is -2.95. The minimum absolute atomic E-state index is 0.00388. The largest absolute Gasteiger partial charge is 0.336 e. The maximum Gasteiger partial charge on any atom is 0.261 e. The highest BCUT2D eigenvalue weighted by Gasteiger charge is 2.36. The highest BCUT2D eigenvalue weighted by Crippen LogP contribution is 2.33. The maximum absolute atomic E-state index is 12.9. The molecule has 1 atom stereocenters. The molecule has 2 aliphatic heterocycles. The minimum Gasteiger partial charge on any atom is -0.336 e. The zero-order valence-electron chi connectivity index (χ0n) is 16.3. The quantitative estimate of drug-likeness (QED) is 0.766. The van der Waals surface area contributed by atoms with Crippen molar-refractivity contribution in [2.24, 2.45) is 0 Å². The van der Waals surface area contributed by atoms with Gasteiger partial charge in [0.05, 0.1) is 17.2 Å². The first kappa shape index (κ1) is 18.4. The van der Waals surface area contributed by atoms with Gasteiger partial charge in [-0.15, -0.1) is 0 Å². The first-order valence-electron chi connectivity index (χ1n) is 9.78. The van der Waals surface area contributed by atoms with E-state index >= 15 is 0 Å². The molecule has 0 aliphatic carbocycles. The molecular weight excluding hydrogens is 352 g/mol. The molecule has 1 fully saturated rings. The smallest absolute Gasteiger partial charge is 0.261 e. The van der Waals surface area contributed by atoms with Crippen LogP contribution in [-0.4, -0.2) is 40.6 Å². The summed E-state index contributed by atoms with van der Waals surface area (Å²) in [5, 5.41) is 0. The van der Waals surface area contributed by atoms with Crippen LogP contribution < -0.4 is 0 Å². The van der Waals surface area contributed by atoms with Crippen molar-refractivity contribution in [2.45, 2.75) is 39.2 Å². The normalized spacial score (nSPS) is 18.7. The predicted octanol–water partition coefficient (Wildman–Crippen LogP) is 3.65. The average Bonchev–Trinajstić information content (AvgIpc) is 3.25. The molecule has 28 heavy (non-hydrogen) atoms. The SMILES string of the molecule is Cc1ccc(C2CCCN2C(=O)CCN2C(=O)c3ccc(C)cc3C2=O)cc1. The lowest BCUT2D eigenvalue weighted by molar-refractivity contribution is -0.132. The van der Waals surface area contributed by atoms with E-state index in [1.54, 1.807) is 12.1 Å². The van der Waals surface area contributed by atoms with Crippen molar-refractivity contribution in [3.05, 3.63) is 70.3 Å². The maximum atomic E-state index is 12.9. The summed E-state index contributed by atoms with van der Waals surface area (Å²) in [4.78, 5) is 41.1. The standard InChI is InChI=1S/C23H24N2O3/c1-15-5-8-17(9-6-15)20-4-3-12-24(20)21(26)11-13-25-22(27)18-10-7-16(2)14-19(18)23(25)28/h5-10,14,20H,3-4,11-13H2,1-2H3. The van der Waals surface area contributed by atoms with E-state index in [1.165, 1.54) is 10.5 Å². The Morgan fingerprint density at radius 1 is 0.964 bits per heavy atom. The molecule has 0 bridgehead atoms. The lowest BCUT2D eigenvalue weighted by Crippen LogP contribution is -2.36. The number of likely N-dealkylation sites (tertiary alicyclic amines) is 1. The summed E-state index contributed by atoms with van der Waals surface area (Å²) in [7, 11) is 0. The number of nitrogens with zero attached hydrogens (tertiary/aromatic N) is 2. The highest BCUT2D eigenvalue weighted by atomic mass is 16.2. The van der Waals surface area contributed by atoms with E-state index in [0.29, 0.717) is 11.1 Å². The van der Waals surface area contributed by atoms with Gasteiger partial charge in [0.15, 0.2) is 0 Å². The molecule has 0 saturated carbocycles. The van der Waals surface area contributed by atoms with Crippen molar-refractivity contribution in [3.63, 3.8) is 0 Å². The van der Waals surface area contributed by atoms with Gasteiger partial charge < -0.3 is 4.90 Å². The zero-order chi connectivity index (χ0) is 19.8. The zero-order valence-corrected chi connectivity index (χ0v) is 16.3. The van der Waals surface area contributed by atoms with E-state index < -0.39 is 0 Å². The average molecular weight is 376 g/mol. The Morgan fingerprint density at radius 3 is 2.39 bits per heavy atom. The topological polar surface area (TPSA) is 57.7 Å². The number of benzene rings is 2. The van der Waals surface area contributed by atoms with Crippen LogP contribution in [-0.2, 0) is 4.79 Å². The van der Waals surface area contributed by atoms with Crippen LogP contribution >= 0.6 is 0 Å². The number of carbonyl (C=O) groups excluding carboxylic acids is 3. The first-order chi connectivity index (χ1) is 13.5. The molecule has 5 nitrogen and oxygen atoms in total. The van der Waals surface area contributed by atoms with Crippen molar-refractivity contribution in [3.8, 4) is 0 Å². The molecule has 4 rings (SSSR count). The molecule has 5 heteroatoms. The van der Waals surface area contributed by atoms with Crippen molar-refractivity contribution in [2.75, 3.05) is 13.1 Å². The van der Waals surface area contributed by atoms with Crippen molar-refractivity contribution in [1.29, 1.82) is 0 Å². The van der Waals surface area contributed by atoms with Gasteiger partial charge in [-0.25, -0.2) is 0 Å². The van der Waals surface area contributed by atoms with E-state index in [4.69, 9.17) is 0 Å². The van der Waals surface area contributed by atoms with Crippen LogP contribution in [0.4, 0.5) is 0 Å². The highest BCUT2D eigenvalue weighted by molar-refractivity contribution is 6.21. The molecule has 0 radical (unpaired) electrons. The number of fused-ring (bicyclic) bond motifs is 1. The molecule has 2 heterocycles. The van der Waals surface area contributed by atoms with Gasteiger partial charge in [-0.1, -0.05) is 41.5 Å². The van der Waals surface area contributed by atoms with Crippen molar-refractivity contribution < 1.29 is 14.4 Å². The Balaban J connectivity index is 1.44. The third-order valence-electron chi connectivity index (χ3n) is 5.71. The van der Waals surface area contributed by atoms with Crippen LogP contribution in [0.25, 0.3) is 0 Å². The van der Waals surface area contributed by atoms with Crippen molar-refractivity contribution >= 4 is 17.7 Å². The molecule has 0 N–H and O–H groups in total. The molecule has 1 saturated heterocycles. The van der Waals surface area contributed by atoms with E-state index in [-0.39, 0.29) is 36.7 Å². The molecule has 1 unspecified atom stereocenters.